The summed E-state index contributed by atoms with van der Waals surface area (Å²) in [5.74, 6) is -0.112. The third kappa shape index (κ3) is 6.49. The van der Waals surface area contributed by atoms with Crippen molar-refractivity contribution in [1.29, 1.82) is 0 Å². The average Bonchev–Trinajstić information content (AvgIpc) is 2.45. The molecule has 0 aromatic heterocycles. The first-order valence-corrected chi connectivity index (χ1v) is 7.32. The molecule has 0 fully saturated rings. The van der Waals surface area contributed by atoms with E-state index >= 15 is 0 Å². The molecule has 5 nitrogen and oxygen atoms in total. The molecule has 0 unspecified atom stereocenters. The molecule has 0 aliphatic rings. The molecule has 1 amide bonds. The Kier molecular flexibility index (Phi) is 7.61. The Balaban J connectivity index is 2.61. The number of hydrogen-bond donors (Lipinski definition) is 1. The lowest BCUT2D eigenvalue weighted by atomic mass is 10.2. The molecule has 116 valence electrons. The second-order valence-electron chi connectivity index (χ2n) is 4.34. The highest BCUT2D eigenvalue weighted by molar-refractivity contribution is 6.31. The Morgan fingerprint density at radius 1 is 1.24 bits per heavy atom. The molecule has 0 spiro atoms. The largest absolute Gasteiger partial charge is 0.491 e. The van der Waals surface area contributed by atoms with Crippen LogP contribution in [0.5, 0.6) is 5.75 Å². The van der Waals surface area contributed by atoms with Crippen molar-refractivity contribution in [3.8, 4) is 5.75 Å². The van der Waals surface area contributed by atoms with E-state index in [0.717, 1.165) is 6.42 Å². The summed E-state index contributed by atoms with van der Waals surface area (Å²) in [6.07, 6.45) is 0.961. The van der Waals surface area contributed by atoms with Crippen molar-refractivity contribution in [2.24, 2.45) is 0 Å². The molecule has 0 heterocycles. The summed E-state index contributed by atoms with van der Waals surface area (Å²) in [5.41, 5.74) is 0.504. The number of carbonyl (C=O) groups excluding carboxylic acids is 2. The van der Waals surface area contributed by atoms with Gasteiger partial charge in [-0.2, -0.15) is 0 Å². The number of carbonyl (C=O) groups is 2. The quantitative estimate of drug-likeness (QED) is 0.747. The normalized spacial score (nSPS) is 10.0. The van der Waals surface area contributed by atoms with Gasteiger partial charge in [-0.1, -0.05) is 18.5 Å². The van der Waals surface area contributed by atoms with E-state index in [1.807, 2.05) is 6.92 Å². The van der Waals surface area contributed by atoms with Crippen molar-refractivity contribution < 1.29 is 19.1 Å². The second kappa shape index (κ2) is 9.23. The molecule has 0 aliphatic heterocycles. The number of rotatable bonds is 8. The van der Waals surface area contributed by atoms with Crippen molar-refractivity contribution >= 4 is 29.2 Å². The molecule has 0 atom stereocenters. The van der Waals surface area contributed by atoms with Gasteiger partial charge in [0.2, 0.25) is 5.91 Å². The van der Waals surface area contributed by atoms with Gasteiger partial charge in [0.1, 0.15) is 5.75 Å². The number of benzene rings is 1. The molecule has 1 aromatic carbocycles. The van der Waals surface area contributed by atoms with Crippen LogP contribution in [0.4, 0.5) is 5.69 Å². The number of hydrogen-bond acceptors (Lipinski definition) is 4. The number of ether oxygens (including phenoxy) is 2. The lowest BCUT2D eigenvalue weighted by Crippen LogP contribution is -2.15. The number of anilines is 1. The number of halogens is 1. The molecular formula is C15H20ClNO4. The van der Waals surface area contributed by atoms with E-state index < -0.39 is 0 Å². The summed E-state index contributed by atoms with van der Waals surface area (Å²) in [7, 11) is 0. The van der Waals surface area contributed by atoms with E-state index in [-0.39, 0.29) is 24.7 Å². The fourth-order valence-electron chi connectivity index (χ4n) is 1.60. The summed E-state index contributed by atoms with van der Waals surface area (Å²) >= 11 is 5.92. The second-order valence-corrected chi connectivity index (χ2v) is 4.78. The molecule has 0 saturated heterocycles. The highest BCUT2D eigenvalue weighted by Crippen LogP contribution is 2.28. The smallest absolute Gasteiger partial charge is 0.306 e. The van der Waals surface area contributed by atoms with Crippen LogP contribution in [0.1, 0.15) is 33.1 Å². The summed E-state index contributed by atoms with van der Waals surface area (Å²) in [6.45, 7) is 4.58. The summed E-state index contributed by atoms with van der Waals surface area (Å²) in [4.78, 5) is 23.1. The highest BCUT2D eigenvalue weighted by Gasteiger charge is 2.11. The van der Waals surface area contributed by atoms with E-state index in [1.165, 1.54) is 0 Å². The standard InChI is InChI=1S/C15H20ClNO4/c1-3-9-21-13-6-5-11(16)10-12(13)17-14(18)7-8-15(19)20-4-2/h5-6,10H,3-4,7-9H2,1-2H3,(H,17,18). The Labute approximate surface area is 129 Å². The average molecular weight is 314 g/mol. The fraction of sp³-hybridized carbons (Fsp3) is 0.467. The van der Waals surface area contributed by atoms with Gasteiger partial charge in [-0.25, -0.2) is 0 Å². The zero-order chi connectivity index (χ0) is 15.7. The van der Waals surface area contributed by atoms with Crippen molar-refractivity contribution in [3.63, 3.8) is 0 Å². The molecule has 0 radical (unpaired) electrons. The highest BCUT2D eigenvalue weighted by atomic mass is 35.5. The van der Waals surface area contributed by atoms with Gasteiger partial charge in [0.15, 0.2) is 0 Å². The minimum atomic E-state index is -0.388. The minimum absolute atomic E-state index is 0.0470. The van der Waals surface area contributed by atoms with E-state index in [2.05, 4.69) is 5.32 Å². The Bertz CT molecular complexity index is 491. The van der Waals surface area contributed by atoms with Crippen LogP contribution in [-0.4, -0.2) is 25.1 Å². The summed E-state index contributed by atoms with van der Waals surface area (Å²) in [5, 5.41) is 3.20. The lowest BCUT2D eigenvalue weighted by Gasteiger charge is -2.12. The Morgan fingerprint density at radius 2 is 2.00 bits per heavy atom. The van der Waals surface area contributed by atoms with Crippen LogP contribution in [0.25, 0.3) is 0 Å². The van der Waals surface area contributed by atoms with Gasteiger partial charge in [0.25, 0.3) is 0 Å². The van der Waals surface area contributed by atoms with Crippen molar-refractivity contribution in [1.82, 2.24) is 0 Å². The molecule has 1 N–H and O–H groups in total. The third-order valence-electron chi connectivity index (χ3n) is 2.54. The summed E-state index contributed by atoms with van der Waals surface area (Å²) < 4.78 is 10.3. The van der Waals surface area contributed by atoms with Gasteiger partial charge >= 0.3 is 5.97 Å². The predicted octanol–water partition coefficient (Wildman–Crippen LogP) is 3.41. The van der Waals surface area contributed by atoms with Crippen LogP contribution < -0.4 is 10.1 Å². The number of nitrogens with one attached hydrogen (secondary N) is 1. The Morgan fingerprint density at radius 3 is 2.67 bits per heavy atom. The topological polar surface area (TPSA) is 64.6 Å². The molecule has 1 rings (SSSR count). The molecule has 0 aliphatic carbocycles. The van der Waals surface area contributed by atoms with Gasteiger partial charge in [0, 0.05) is 11.4 Å². The van der Waals surface area contributed by atoms with Gasteiger partial charge in [-0.3, -0.25) is 9.59 Å². The van der Waals surface area contributed by atoms with Crippen LogP contribution in [0.2, 0.25) is 5.02 Å². The van der Waals surface area contributed by atoms with Crippen molar-refractivity contribution in [2.45, 2.75) is 33.1 Å². The van der Waals surface area contributed by atoms with Crippen LogP contribution in [-0.2, 0) is 14.3 Å². The number of esters is 1. The molecular weight excluding hydrogens is 294 g/mol. The molecule has 21 heavy (non-hydrogen) atoms. The van der Waals surface area contributed by atoms with Gasteiger partial charge < -0.3 is 14.8 Å². The molecule has 0 saturated carbocycles. The van der Waals surface area contributed by atoms with Crippen LogP contribution in [0, 0.1) is 0 Å². The van der Waals surface area contributed by atoms with Crippen molar-refractivity contribution in [2.75, 3.05) is 18.5 Å². The molecule has 0 bridgehead atoms. The number of amides is 1. The van der Waals surface area contributed by atoms with E-state index in [9.17, 15) is 9.59 Å². The Hall–Kier alpha value is -1.75. The molecule has 6 heteroatoms. The predicted molar refractivity (Wildman–Crippen MR) is 81.7 cm³/mol. The third-order valence-corrected chi connectivity index (χ3v) is 2.77. The maximum Gasteiger partial charge on any atom is 0.306 e. The summed E-state index contributed by atoms with van der Waals surface area (Å²) in [6, 6.07) is 5.02. The maximum absolute atomic E-state index is 11.8. The molecule has 1 aromatic rings. The van der Waals surface area contributed by atoms with E-state index in [4.69, 9.17) is 21.1 Å². The zero-order valence-electron chi connectivity index (χ0n) is 12.3. The van der Waals surface area contributed by atoms with Gasteiger partial charge in [-0.05, 0) is 31.5 Å². The van der Waals surface area contributed by atoms with E-state index in [0.29, 0.717) is 29.7 Å². The monoisotopic (exact) mass is 313 g/mol. The van der Waals surface area contributed by atoms with Crippen LogP contribution in [0.3, 0.4) is 0 Å². The first-order chi connectivity index (χ1) is 10.1. The fourth-order valence-corrected chi connectivity index (χ4v) is 1.77. The lowest BCUT2D eigenvalue weighted by molar-refractivity contribution is -0.144. The SMILES string of the molecule is CCCOc1ccc(Cl)cc1NC(=O)CCC(=O)OCC. The van der Waals surface area contributed by atoms with Crippen molar-refractivity contribution in [3.05, 3.63) is 23.2 Å². The first-order valence-electron chi connectivity index (χ1n) is 6.94. The van der Waals surface area contributed by atoms with Crippen LogP contribution in [0.15, 0.2) is 18.2 Å². The zero-order valence-corrected chi connectivity index (χ0v) is 13.0. The minimum Gasteiger partial charge on any atom is -0.491 e. The van der Waals surface area contributed by atoms with Crippen LogP contribution >= 0.6 is 11.6 Å². The maximum atomic E-state index is 11.8. The van der Waals surface area contributed by atoms with Gasteiger partial charge in [-0.15, -0.1) is 0 Å². The first kappa shape index (κ1) is 17.3. The van der Waals surface area contributed by atoms with E-state index in [1.54, 1.807) is 25.1 Å². The van der Waals surface area contributed by atoms with Gasteiger partial charge in [0.05, 0.1) is 25.3 Å².